The van der Waals surface area contributed by atoms with Gasteiger partial charge < -0.3 is 11.1 Å². The van der Waals surface area contributed by atoms with E-state index in [0.29, 0.717) is 28.6 Å². The van der Waals surface area contributed by atoms with E-state index in [4.69, 9.17) is 28.9 Å². The van der Waals surface area contributed by atoms with Gasteiger partial charge in [-0.25, -0.2) is 0 Å². The molecule has 1 rings (SSSR count). The van der Waals surface area contributed by atoms with Gasteiger partial charge in [0.05, 0.1) is 10.0 Å². The molecule has 0 aliphatic carbocycles. The Morgan fingerprint density at radius 3 is 2.59 bits per heavy atom. The lowest BCUT2D eigenvalue weighted by molar-refractivity contribution is -0.116. The Labute approximate surface area is 117 Å². The van der Waals surface area contributed by atoms with Crippen molar-refractivity contribution < 1.29 is 4.79 Å². The highest BCUT2D eigenvalue weighted by atomic mass is 35.5. The third-order valence-corrected chi connectivity index (χ3v) is 2.77. The molecule has 3 nitrogen and oxygen atoms in total. The Kier molecular flexibility index (Phi) is 7.55. The lowest BCUT2D eigenvalue weighted by atomic mass is 10.2. The average Bonchev–Trinajstić information content (AvgIpc) is 2.21. The van der Waals surface area contributed by atoms with Crippen LogP contribution in [0, 0.1) is 0 Å². The summed E-state index contributed by atoms with van der Waals surface area (Å²) in [6.45, 7) is 1.87. The molecule has 1 aromatic rings. The number of halogens is 3. The van der Waals surface area contributed by atoms with Crippen molar-refractivity contribution in [1.82, 2.24) is 0 Å². The molecule has 0 saturated carbocycles. The minimum atomic E-state index is -0.0734. The summed E-state index contributed by atoms with van der Waals surface area (Å²) in [4.78, 5) is 11.5. The number of amides is 1. The molecule has 17 heavy (non-hydrogen) atoms. The second-order valence-electron chi connectivity index (χ2n) is 3.69. The van der Waals surface area contributed by atoms with Crippen LogP contribution in [0.3, 0.4) is 0 Å². The van der Waals surface area contributed by atoms with Gasteiger partial charge >= 0.3 is 0 Å². The Morgan fingerprint density at radius 1 is 1.41 bits per heavy atom. The van der Waals surface area contributed by atoms with Crippen LogP contribution in [0.1, 0.15) is 19.8 Å². The molecule has 6 heteroatoms. The molecule has 3 N–H and O–H groups in total. The minimum Gasteiger partial charge on any atom is -0.328 e. The van der Waals surface area contributed by atoms with Crippen molar-refractivity contribution in [3.8, 4) is 0 Å². The zero-order valence-corrected chi connectivity index (χ0v) is 11.7. The van der Waals surface area contributed by atoms with Gasteiger partial charge in [0, 0.05) is 18.2 Å². The monoisotopic (exact) mass is 296 g/mol. The molecule has 0 fully saturated rings. The van der Waals surface area contributed by atoms with E-state index in [9.17, 15) is 4.79 Å². The molecule has 0 saturated heterocycles. The number of carbonyl (C=O) groups excluding carboxylic acids is 1. The van der Waals surface area contributed by atoms with Crippen molar-refractivity contribution >= 4 is 47.2 Å². The van der Waals surface area contributed by atoms with Gasteiger partial charge in [0.1, 0.15) is 0 Å². The predicted octanol–water partition coefficient (Wildman–Crippen LogP) is 3.48. The first-order valence-corrected chi connectivity index (χ1v) is 5.75. The summed E-state index contributed by atoms with van der Waals surface area (Å²) in [6, 6.07) is 5.00. The van der Waals surface area contributed by atoms with Gasteiger partial charge in [0.25, 0.3) is 0 Å². The van der Waals surface area contributed by atoms with Gasteiger partial charge in [0.15, 0.2) is 0 Å². The molecule has 0 spiro atoms. The number of nitrogens with one attached hydrogen (secondary N) is 1. The van der Waals surface area contributed by atoms with E-state index in [1.807, 2.05) is 6.92 Å². The number of nitrogens with two attached hydrogens (primary N) is 1. The number of carbonyl (C=O) groups is 1. The largest absolute Gasteiger partial charge is 0.328 e. The highest BCUT2D eigenvalue weighted by molar-refractivity contribution is 6.42. The number of benzene rings is 1. The summed E-state index contributed by atoms with van der Waals surface area (Å²) in [5.74, 6) is -0.0734. The standard InChI is InChI=1S/C11H14Cl2N2O.ClH/c1-7(14)2-5-11(16)15-8-3-4-9(12)10(13)6-8;/h3-4,6-7H,2,5,14H2,1H3,(H,15,16);1H. The van der Waals surface area contributed by atoms with Crippen LogP contribution in [0.4, 0.5) is 5.69 Å². The molecule has 96 valence electrons. The predicted molar refractivity (Wildman–Crippen MR) is 75.2 cm³/mol. The molecule has 1 amide bonds. The fourth-order valence-electron chi connectivity index (χ4n) is 1.16. The maximum Gasteiger partial charge on any atom is 0.224 e. The van der Waals surface area contributed by atoms with Crippen LogP contribution in [-0.4, -0.2) is 11.9 Å². The SMILES string of the molecule is CC(N)CCC(=O)Nc1ccc(Cl)c(Cl)c1.Cl. The molecule has 0 aromatic heterocycles. The molecule has 0 radical (unpaired) electrons. The van der Waals surface area contributed by atoms with Gasteiger partial charge in [-0.15, -0.1) is 12.4 Å². The summed E-state index contributed by atoms with van der Waals surface area (Å²) >= 11 is 11.6. The topological polar surface area (TPSA) is 55.1 Å². The Morgan fingerprint density at radius 2 is 2.06 bits per heavy atom. The van der Waals surface area contributed by atoms with Gasteiger partial charge in [-0.3, -0.25) is 4.79 Å². The van der Waals surface area contributed by atoms with Crippen molar-refractivity contribution in [1.29, 1.82) is 0 Å². The smallest absolute Gasteiger partial charge is 0.224 e. The van der Waals surface area contributed by atoms with Crippen LogP contribution in [0.15, 0.2) is 18.2 Å². The minimum absolute atomic E-state index is 0. The third-order valence-electron chi connectivity index (χ3n) is 2.03. The summed E-state index contributed by atoms with van der Waals surface area (Å²) in [5, 5.41) is 3.62. The van der Waals surface area contributed by atoms with Gasteiger partial charge in [-0.2, -0.15) is 0 Å². The van der Waals surface area contributed by atoms with Crippen LogP contribution < -0.4 is 11.1 Å². The normalized spacial score (nSPS) is 11.5. The first-order chi connectivity index (χ1) is 7.49. The van der Waals surface area contributed by atoms with E-state index < -0.39 is 0 Å². The summed E-state index contributed by atoms with van der Waals surface area (Å²) < 4.78 is 0. The van der Waals surface area contributed by atoms with Gasteiger partial charge in [-0.1, -0.05) is 23.2 Å². The van der Waals surface area contributed by atoms with Crippen molar-refractivity contribution in [3.05, 3.63) is 28.2 Å². The molecule has 1 aromatic carbocycles. The van der Waals surface area contributed by atoms with E-state index in [1.54, 1.807) is 18.2 Å². The molecular weight excluding hydrogens is 282 g/mol. The molecule has 0 aliphatic rings. The molecule has 1 unspecified atom stereocenters. The molecule has 1 atom stereocenters. The van der Waals surface area contributed by atoms with Crippen molar-refractivity contribution in [3.63, 3.8) is 0 Å². The second-order valence-corrected chi connectivity index (χ2v) is 4.51. The van der Waals surface area contributed by atoms with Gasteiger partial charge in [0.2, 0.25) is 5.91 Å². The maximum atomic E-state index is 11.5. The lowest BCUT2D eigenvalue weighted by Gasteiger charge is -2.07. The number of hydrogen-bond donors (Lipinski definition) is 2. The number of anilines is 1. The van der Waals surface area contributed by atoms with Crippen molar-refractivity contribution in [2.24, 2.45) is 5.73 Å². The van der Waals surface area contributed by atoms with Crippen molar-refractivity contribution in [2.45, 2.75) is 25.8 Å². The van der Waals surface area contributed by atoms with Crippen molar-refractivity contribution in [2.75, 3.05) is 5.32 Å². The van der Waals surface area contributed by atoms with E-state index in [1.165, 1.54) is 0 Å². The molecule has 0 heterocycles. The lowest BCUT2D eigenvalue weighted by Crippen LogP contribution is -2.19. The van der Waals surface area contributed by atoms with E-state index in [0.717, 1.165) is 0 Å². The Bertz CT molecular complexity index is 383. The quantitative estimate of drug-likeness (QED) is 0.894. The molecule has 0 bridgehead atoms. The number of hydrogen-bond acceptors (Lipinski definition) is 2. The summed E-state index contributed by atoms with van der Waals surface area (Å²) in [7, 11) is 0. The summed E-state index contributed by atoms with van der Waals surface area (Å²) in [5.41, 5.74) is 6.20. The highest BCUT2D eigenvalue weighted by Gasteiger charge is 2.05. The van der Waals surface area contributed by atoms with Crippen LogP contribution in [0.25, 0.3) is 0 Å². The summed E-state index contributed by atoms with van der Waals surface area (Å²) in [6.07, 6.45) is 1.06. The number of rotatable bonds is 4. The average molecular weight is 298 g/mol. The van der Waals surface area contributed by atoms with Crippen LogP contribution in [-0.2, 0) is 4.79 Å². The van der Waals surface area contributed by atoms with Crippen LogP contribution in [0.5, 0.6) is 0 Å². The molecular formula is C11H15Cl3N2O. The third kappa shape index (κ3) is 6.13. The Hall–Kier alpha value is -0.480. The zero-order chi connectivity index (χ0) is 12.1. The fraction of sp³-hybridized carbons (Fsp3) is 0.364. The first kappa shape index (κ1) is 16.5. The first-order valence-electron chi connectivity index (χ1n) is 4.99. The highest BCUT2D eigenvalue weighted by Crippen LogP contribution is 2.25. The van der Waals surface area contributed by atoms with E-state index >= 15 is 0 Å². The van der Waals surface area contributed by atoms with E-state index in [-0.39, 0.29) is 24.4 Å². The fourth-order valence-corrected chi connectivity index (χ4v) is 1.45. The van der Waals surface area contributed by atoms with E-state index in [2.05, 4.69) is 5.32 Å². The van der Waals surface area contributed by atoms with Gasteiger partial charge in [-0.05, 0) is 31.5 Å². The van der Waals surface area contributed by atoms with Crippen LogP contribution in [0.2, 0.25) is 10.0 Å². The second kappa shape index (κ2) is 7.77. The zero-order valence-electron chi connectivity index (χ0n) is 9.37. The maximum absolute atomic E-state index is 11.5. The molecule has 0 aliphatic heterocycles. The Balaban J connectivity index is 0.00000256. The van der Waals surface area contributed by atoms with Crippen LogP contribution >= 0.6 is 35.6 Å².